The van der Waals surface area contributed by atoms with Gasteiger partial charge >= 0.3 is 6.03 Å². The van der Waals surface area contributed by atoms with Gasteiger partial charge in [-0.3, -0.25) is 14.5 Å². The Hall–Kier alpha value is -4.84. The predicted molar refractivity (Wildman–Crippen MR) is 135 cm³/mol. The van der Waals surface area contributed by atoms with Gasteiger partial charge in [-0.25, -0.2) is 19.7 Å². The average Bonchev–Trinajstić information content (AvgIpc) is 3.27. The van der Waals surface area contributed by atoms with Crippen LogP contribution in [0.2, 0.25) is 0 Å². The minimum atomic E-state index is -0.411. The van der Waals surface area contributed by atoms with Gasteiger partial charge in [-0.1, -0.05) is 6.58 Å². The van der Waals surface area contributed by atoms with Crippen LogP contribution in [0.1, 0.15) is 9.67 Å². The molecule has 1 aliphatic rings. The number of nitrogens with zero attached hydrogens (tertiary/aromatic N) is 4. The second-order valence-electron chi connectivity index (χ2n) is 7.50. The van der Waals surface area contributed by atoms with Gasteiger partial charge in [0, 0.05) is 19.3 Å². The molecule has 11 nitrogen and oxygen atoms in total. The smallest absolute Gasteiger partial charge is 0.331 e. The number of carbonyl (C=O) groups excluding carboxylic acids is 3. The van der Waals surface area contributed by atoms with Gasteiger partial charge in [0.1, 0.15) is 21.8 Å². The van der Waals surface area contributed by atoms with E-state index >= 15 is 0 Å². The van der Waals surface area contributed by atoms with Crippen molar-refractivity contribution in [2.24, 2.45) is 0 Å². The van der Waals surface area contributed by atoms with E-state index in [4.69, 9.17) is 4.74 Å². The topological polar surface area (TPSA) is 138 Å². The zero-order valence-corrected chi connectivity index (χ0v) is 19.5. The van der Waals surface area contributed by atoms with Crippen molar-refractivity contribution in [3.05, 3.63) is 72.8 Å². The van der Waals surface area contributed by atoms with Crippen molar-refractivity contribution in [1.29, 1.82) is 0 Å². The predicted octanol–water partition coefficient (Wildman–Crippen LogP) is 3.59. The van der Waals surface area contributed by atoms with Crippen molar-refractivity contribution in [2.45, 2.75) is 0 Å². The molecule has 1 aromatic carbocycles. The number of hydrogen-bond donors (Lipinski definition) is 3. The Morgan fingerprint density at radius 3 is 2.58 bits per heavy atom. The van der Waals surface area contributed by atoms with Crippen LogP contribution in [0.25, 0.3) is 10.2 Å². The second-order valence-corrected chi connectivity index (χ2v) is 8.50. The van der Waals surface area contributed by atoms with Gasteiger partial charge in [0.2, 0.25) is 5.91 Å². The highest BCUT2D eigenvalue weighted by Crippen LogP contribution is 2.45. The number of urea groups is 1. The van der Waals surface area contributed by atoms with E-state index < -0.39 is 6.03 Å². The maximum atomic E-state index is 13.2. The molecule has 4 heterocycles. The summed E-state index contributed by atoms with van der Waals surface area (Å²) in [6, 6.07) is 8.31. The van der Waals surface area contributed by atoms with E-state index in [2.05, 4.69) is 37.5 Å². The highest BCUT2D eigenvalue weighted by molar-refractivity contribution is 7.21. The Balaban J connectivity index is 1.39. The van der Waals surface area contributed by atoms with Gasteiger partial charge < -0.3 is 20.7 Å². The molecule has 0 atom stereocenters. The van der Waals surface area contributed by atoms with E-state index in [1.54, 1.807) is 48.9 Å². The first-order valence-electron chi connectivity index (χ1n) is 10.8. The van der Waals surface area contributed by atoms with E-state index in [0.29, 0.717) is 43.7 Å². The molecule has 0 saturated carbocycles. The number of carbonyl (C=O) groups is 3. The lowest BCUT2D eigenvalue weighted by molar-refractivity contribution is -0.116. The van der Waals surface area contributed by atoms with Gasteiger partial charge in [-0.15, -0.1) is 11.3 Å². The fourth-order valence-corrected chi connectivity index (χ4v) is 4.69. The molecule has 0 aliphatic carbocycles. The van der Waals surface area contributed by atoms with E-state index in [9.17, 15) is 14.4 Å². The van der Waals surface area contributed by atoms with Crippen LogP contribution in [0.3, 0.4) is 0 Å². The van der Waals surface area contributed by atoms with Crippen LogP contribution < -0.4 is 25.6 Å². The lowest BCUT2D eigenvalue weighted by atomic mass is 10.1. The van der Waals surface area contributed by atoms with Gasteiger partial charge in [-0.2, -0.15) is 0 Å². The normalized spacial score (nSPS) is 12.1. The summed E-state index contributed by atoms with van der Waals surface area (Å²) in [5.41, 5.74) is 1.63. The lowest BCUT2D eigenvalue weighted by Crippen LogP contribution is -2.36. The number of aromatic nitrogens is 3. The number of amides is 4. The van der Waals surface area contributed by atoms with Crippen LogP contribution in [0, 0.1) is 0 Å². The number of hydrogen-bond acceptors (Lipinski definition) is 8. The molecule has 3 N–H and O–H groups in total. The summed E-state index contributed by atoms with van der Waals surface area (Å²) >= 11 is 1.18. The first kappa shape index (κ1) is 22.9. The molecule has 0 bridgehead atoms. The second kappa shape index (κ2) is 9.80. The highest BCUT2D eigenvalue weighted by Gasteiger charge is 2.32. The molecule has 0 radical (unpaired) electrons. The van der Waals surface area contributed by atoms with Crippen LogP contribution in [0.15, 0.2) is 67.9 Å². The number of anilines is 3. The summed E-state index contributed by atoms with van der Waals surface area (Å²) in [5, 5.41) is 8.85. The summed E-state index contributed by atoms with van der Waals surface area (Å²) < 4.78 is 5.73. The van der Waals surface area contributed by atoms with Gasteiger partial charge in [0.15, 0.2) is 5.75 Å². The molecule has 5 rings (SSSR count). The molecule has 4 aromatic rings. The minimum Gasteiger partial charge on any atom is -0.454 e. The van der Waals surface area contributed by atoms with E-state index in [1.807, 2.05) is 0 Å². The summed E-state index contributed by atoms with van der Waals surface area (Å²) in [6.07, 6.45) is 7.28. The van der Waals surface area contributed by atoms with Crippen LogP contribution in [0.5, 0.6) is 11.5 Å². The average molecular weight is 502 g/mol. The Morgan fingerprint density at radius 2 is 1.83 bits per heavy atom. The third kappa shape index (κ3) is 4.44. The summed E-state index contributed by atoms with van der Waals surface area (Å²) in [7, 11) is 0. The number of nitrogens with one attached hydrogen (secondary N) is 3. The Morgan fingerprint density at radius 1 is 1.08 bits per heavy atom. The number of thiophene rings is 1. The maximum absolute atomic E-state index is 13.2. The number of ether oxygens (including phenoxy) is 1. The van der Waals surface area contributed by atoms with Crippen molar-refractivity contribution in [2.75, 3.05) is 23.3 Å². The maximum Gasteiger partial charge on any atom is 0.331 e. The van der Waals surface area contributed by atoms with Crippen LogP contribution in [-0.2, 0) is 4.79 Å². The molecule has 0 spiro atoms. The van der Waals surface area contributed by atoms with Crippen LogP contribution in [0.4, 0.5) is 21.9 Å². The van der Waals surface area contributed by atoms with Crippen molar-refractivity contribution >= 4 is 56.5 Å². The molecule has 3 aromatic heterocycles. The van der Waals surface area contributed by atoms with Gasteiger partial charge in [0.05, 0.1) is 34.8 Å². The first-order chi connectivity index (χ1) is 17.5. The van der Waals surface area contributed by atoms with Crippen molar-refractivity contribution in [3.8, 4) is 11.5 Å². The standard InChI is InChI=1S/C24H19N7O4S/c1-2-18(32)27-9-10-28-22(33)21-20-19-17(7-8-29-23(19)36-21)31(24(34)30-20)14-3-5-15(6-4-14)35-16-11-25-13-26-12-16/h2-8,11-13H,1,9-10H2,(H,27,32)(H,28,33)(H,30,34). The molecule has 0 fully saturated rings. The summed E-state index contributed by atoms with van der Waals surface area (Å²) in [6.45, 7) is 3.85. The largest absolute Gasteiger partial charge is 0.454 e. The van der Waals surface area contributed by atoms with Crippen molar-refractivity contribution in [1.82, 2.24) is 25.6 Å². The van der Waals surface area contributed by atoms with Gasteiger partial charge in [-0.05, 0) is 36.4 Å². The third-order valence-electron chi connectivity index (χ3n) is 5.21. The SMILES string of the molecule is C=CC(=O)NCCNC(=O)c1sc2nccc3c2c1NC(=O)N3c1ccc(Oc2cncnc2)cc1. The molecule has 0 saturated heterocycles. The molecule has 0 unspecified atom stereocenters. The molecule has 1 aliphatic heterocycles. The minimum absolute atomic E-state index is 0.218. The van der Waals surface area contributed by atoms with E-state index in [-0.39, 0.29) is 24.9 Å². The van der Waals surface area contributed by atoms with E-state index in [0.717, 1.165) is 6.08 Å². The third-order valence-corrected chi connectivity index (χ3v) is 6.31. The van der Waals surface area contributed by atoms with Crippen molar-refractivity contribution in [3.63, 3.8) is 0 Å². The zero-order chi connectivity index (χ0) is 25.1. The Labute approximate surface area is 208 Å². The highest BCUT2D eigenvalue weighted by atomic mass is 32.1. The first-order valence-corrected chi connectivity index (χ1v) is 11.6. The summed E-state index contributed by atoms with van der Waals surface area (Å²) in [5.74, 6) is 0.363. The molecular weight excluding hydrogens is 482 g/mol. The van der Waals surface area contributed by atoms with E-state index in [1.165, 1.54) is 22.6 Å². The molecule has 36 heavy (non-hydrogen) atoms. The fourth-order valence-electron chi connectivity index (χ4n) is 3.65. The Bertz CT molecular complexity index is 1470. The Kier molecular flexibility index (Phi) is 6.24. The van der Waals surface area contributed by atoms with Crippen LogP contribution in [-0.4, -0.2) is 45.9 Å². The number of pyridine rings is 1. The lowest BCUT2D eigenvalue weighted by Gasteiger charge is -2.28. The molecular formula is C24H19N7O4S. The fraction of sp³-hybridized carbons (Fsp3) is 0.0833. The number of benzene rings is 1. The monoisotopic (exact) mass is 501 g/mol. The summed E-state index contributed by atoms with van der Waals surface area (Å²) in [4.78, 5) is 52.0. The molecule has 4 amide bonds. The molecule has 12 heteroatoms. The number of rotatable bonds is 8. The molecule has 180 valence electrons. The van der Waals surface area contributed by atoms with Gasteiger partial charge in [0.25, 0.3) is 5.91 Å². The van der Waals surface area contributed by atoms with Crippen molar-refractivity contribution < 1.29 is 19.1 Å². The van der Waals surface area contributed by atoms with Crippen LogP contribution >= 0.6 is 11.3 Å². The zero-order valence-electron chi connectivity index (χ0n) is 18.7. The quantitative estimate of drug-likeness (QED) is 0.248.